The SMILES string of the molecule is COc1cc(C(Nc2ccc(C#N)cc2)C(=O)NC2CCCC2)ccc1OCc1ccccc1. The summed E-state index contributed by atoms with van der Waals surface area (Å²) < 4.78 is 11.6. The maximum atomic E-state index is 13.3. The van der Waals surface area contributed by atoms with Crippen molar-refractivity contribution in [3.8, 4) is 17.6 Å². The summed E-state index contributed by atoms with van der Waals surface area (Å²) in [5.74, 6) is 1.09. The van der Waals surface area contributed by atoms with Crippen molar-refractivity contribution in [2.45, 2.75) is 44.4 Å². The third-order valence-electron chi connectivity index (χ3n) is 6.05. The molecule has 34 heavy (non-hydrogen) atoms. The quantitative estimate of drug-likeness (QED) is 0.454. The van der Waals surface area contributed by atoms with Crippen LogP contribution in [-0.4, -0.2) is 19.1 Å². The lowest BCUT2D eigenvalue weighted by Gasteiger charge is -2.23. The largest absolute Gasteiger partial charge is 0.493 e. The summed E-state index contributed by atoms with van der Waals surface area (Å²) >= 11 is 0. The first kappa shape index (κ1) is 23.2. The Morgan fingerprint density at radius 1 is 1.03 bits per heavy atom. The molecular weight excluding hydrogens is 426 g/mol. The number of carbonyl (C=O) groups excluding carboxylic acids is 1. The molecule has 1 fully saturated rings. The monoisotopic (exact) mass is 455 g/mol. The van der Waals surface area contributed by atoms with Gasteiger partial charge in [0.1, 0.15) is 12.6 Å². The molecule has 0 radical (unpaired) electrons. The molecule has 0 heterocycles. The summed E-state index contributed by atoms with van der Waals surface area (Å²) in [5, 5.41) is 15.6. The Labute approximate surface area is 200 Å². The van der Waals surface area contributed by atoms with Crippen molar-refractivity contribution in [1.82, 2.24) is 5.32 Å². The van der Waals surface area contributed by atoms with E-state index in [0.29, 0.717) is 23.7 Å². The van der Waals surface area contributed by atoms with Crippen molar-refractivity contribution in [3.63, 3.8) is 0 Å². The van der Waals surface area contributed by atoms with E-state index >= 15 is 0 Å². The maximum absolute atomic E-state index is 13.3. The third-order valence-corrected chi connectivity index (χ3v) is 6.05. The molecule has 1 unspecified atom stereocenters. The molecule has 1 aliphatic rings. The number of rotatable bonds is 9. The molecule has 1 aliphatic carbocycles. The van der Waals surface area contributed by atoms with Crippen molar-refractivity contribution in [1.29, 1.82) is 5.26 Å². The average molecular weight is 456 g/mol. The van der Waals surface area contributed by atoms with Crippen LogP contribution in [0, 0.1) is 11.3 Å². The zero-order valence-electron chi connectivity index (χ0n) is 19.3. The average Bonchev–Trinajstić information content (AvgIpc) is 3.40. The van der Waals surface area contributed by atoms with Crippen LogP contribution in [0.1, 0.15) is 48.4 Å². The molecule has 3 aromatic rings. The molecule has 174 valence electrons. The highest BCUT2D eigenvalue weighted by Crippen LogP contribution is 2.33. The molecule has 2 N–H and O–H groups in total. The second kappa shape index (κ2) is 11.2. The lowest BCUT2D eigenvalue weighted by Crippen LogP contribution is -2.39. The predicted octanol–water partition coefficient (Wildman–Crippen LogP) is 5.36. The number of benzene rings is 3. The molecule has 6 nitrogen and oxygen atoms in total. The summed E-state index contributed by atoms with van der Waals surface area (Å²) in [4.78, 5) is 13.3. The Morgan fingerprint density at radius 2 is 1.76 bits per heavy atom. The first-order chi connectivity index (χ1) is 16.7. The highest BCUT2D eigenvalue weighted by Gasteiger charge is 2.26. The van der Waals surface area contributed by atoms with E-state index in [4.69, 9.17) is 14.7 Å². The first-order valence-corrected chi connectivity index (χ1v) is 11.6. The molecular formula is C28H29N3O3. The number of anilines is 1. The molecule has 6 heteroatoms. The molecule has 0 saturated heterocycles. The second-order valence-electron chi connectivity index (χ2n) is 8.44. The van der Waals surface area contributed by atoms with Gasteiger partial charge in [-0.1, -0.05) is 49.2 Å². The molecule has 0 spiro atoms. The number of nitrogens with zero attached hydrogens (tertiary/aromatic N) is 1. The molecule has 3 aromatic carbocycles. The normalized spacial score (nSPS) is 14.1. The van der Waals surface area contributed by atoms with Crippen molar-refractivity contribution in [2.24, 2.45) is 0 Å². The van der Waals surface area contributed by atoms with Crippen LogP contribution >= 0.6 is 0 Å². The number of amides is 1. The van der Waals surface area contributed by atoms with E-state index in [1.807, 2.05) is 60.7 Å². The fraction of sp³-hybridized carbons (Fsp3) is 0.286. The maximum Gasteiger partial charge on any atom is 0.247 e. The third kappa shape index (κ3) is 5.87. The van der Waals surface area contributed by atoms with Crippen LogP contribution in [0.15, 0.2) is 72.8 Å². The summed E-state index contributed by atoms with van der Waals surface area (Å²) in [6.07, 6.45) is 4.29. The fourth-order valence-electron chi connectivity index (χ4n) is 4.18. The fourth-order valence-corrected chi connectivity index (χ4v) is 4.18. The molecule has 1 amide bonds. The van der Waals surface area contributed by atoms with Gasteiger partial charge in [0.25, 0.3) is 0 Å². The number of ether oxygens (including phenoxy) is 2. The van der Waals surface area contributed by atoms with Crippen molar-refractivity contribution < 1.29 is 14.3 Å². The molecule has 1 atom stereocenters. The zero-order chi connectivity index (χ0) is 23.8. The minimum absolute atomic E-state index is 0.0868. The van der Waals surface area contributed by atoms with Gasteiger partial charge < -0.3 is 20.1 Å². The van der Waals surface area contributed by atoms with Gasteiger partial charge in [-0.15, -0.1) is 0 Å². The number of nitriles is 1. The summed E-state index contributed by atoms with van der Waals surface area (Å²) in [7, 11) is 1.59. The van der Waals surface area contributed by atoms with E-state index in [1.54, 1.807) is 19.2 Å². The van der Waals surface area contributed by atoms with Gasteiger partial charge in [0, 0.05) is 11.7 Å². The van der Waals surface area contributed by atoms with Gasteiger partial charge >= 0.3 is 0 Å². The van der Waals surface area contributed by atoms with E-state index in [1.165, 1.54) is 0 Å². The molecule has 0 aromatic heterocycles. The number of hydrogen-bond donors (Lipinski definition) is 2. The van der Waals surface area contributed by atoms with Gasteiger partial charge in [0.15, 0.2) is 11.5 Å². The van der Waals surface area contributed by atoms with E-state index in [-0.39, 0.29) is 11.9 Å². The van der Waals surface area contributed by atoms with Gasteiger partial charge in [-0.05, 0) is 60.4 Å². The smallest absolute Gasteiger partial charge is 0.247 e. The van der Waals surface area contributed by atoms with Gasteiger partial charge in [0.05, 0.1) is 18.7 Å². The highest BCUT2D eigenvalue weighted by atomic mass is 16.5. The molecule has 1 saturated carbocycles. The Balaban J connectivity index is 1.56. The topological polar surface area (TPSA) is 83.4 Å². The van der Waals surface area contributed by atoms with Crippen LogP contribution in [0.2, 0.25) is 0 Å². The highest BCUT2D eigenvalue weighted by molar-refractivity contribution is 5.86. The number of carbonyl (C=O) groups is 1. The Bertz CT molecular complexity index is 1130. The van der Waals surface area contributed by atoms with Crippen molar-refractivity contribution in [3.05, 3.63) is 89.5 Å². The predicted molar refractivity (Wildman–Crippen MR) is 132 cm³/mol. The molecule has 0 aliphatic heterocycles. The number of nitrogens with one attached hydrogen (secondary N) is 2. The van der Waals surface area contributed by atoms with Crippen LogP contribution in [0.25, 0.3) is 0 Å². The summed E-state index contributed by atoms with van der Waals surface area (Å²) in [5.41, 5.74) is 3.15. The lowest BCUT2D eigenvalue weighted by atomic mass is 10.0. The van der Waals surface area contributed by atoms with Gasteiger partial charge in [-0.25, -0.2) is 0 Å². The Hall–Kier alpha value is -3.98. The number of hydrogen-bond acceptors (Lipinski definition) is 5. The Kier molecular flexibility index (Phi) is 7.67. The summed E-state index contributed by atoms with van der Waals surface area (Å²) in [6, 6.07) is 24.3. The van der Waals surface area contributed by atoms with Gasteiger partial charge in [-0.2, -0.15) is 5.26 Å². The van der Waals surface area contributed by atoms with Gasteiger partial charge in [0.2, 0.25) is 5.91 Å². The van der Waals surface area contributed by atoms with Crippen LogP contribution in [0.4, 0.5) is 5.69 Å². The van der Waals surface area contributed by atoms with Crippen molar-refractivity contribution in [2.75, 3.05) is 12.4 Å². The minimum Gasteiger partial charge on any atom is -0.493 e. The minimum atomic E-state index is -0.620. The van der Waals surface area contributed by atoms with Gasteiger partial charge in [-0.3, -0.25) is 4.79 Å². The Morgan fingerprint density at radius 3 is 2.44 bits per heavy atom. The van der Waals surface area contributed by atoms with E-state index in [0.717, 1.165) is 42.5 Å². The standard InChI is InChI=1S/C28H29N3O3/c1-33-26-17-22(13-16-25(26)34-19-21-7-3-2-4-8-21)27(28(32)31-23-9-5-6-10-23)30-24-14-11-20(18-29)12-15-24/h2-4,7-8,11-17,23,27,30H,5-6,9-10,19H2,1H3,(H,31,32). The molecule has 0 bridgehead atoms. The van der Waals surface area contributed by atoms with E-state index < -0.39 is 6.04 Å². The van der Waals surface area contributed by atoms with Crippen LogP contribution < -0.4 is 20.1 Å². The lowest BCUT2D eigenvalue weighted by molar-refractivity contribution is -0.122. The van der Waals surface area contributed by atoms with E-state index in [2.05, 4.69) is 16.7 Å². The van der Waals surface area contributed by atoms with E-state index in [9.17, 15) is 4.79 Å². The van der Waals surface area contributed by atoms with Crippen LogP contribution in [0.3, 0.4) is 0 Å². The summed E-state index contributed by atoms with van der Waals surface area (Å²) in [6.45, 7) is 0.422. The first-order valence-electron chi connectivity index (χ1n) is 11.6. The molecule has 4 rings (SSSR count). The van der Waals surface area contributed by atoms with Crippen LogP contribution in [-0.2, 0) is 11.4 Å². The van der Waals surface area contributed by atoms with Crippen molar-refractivity contribution >= 4 is 11.6 Å². The number of methoxy groups -OCH3 is 1. The van der Waals surface area contributed by atoms with Crippen LogP contribution in [0.5, 0.6) is 11.5 Å². The zero-order valence-corrected chi connectivity index (χ0v) is 19.3. The second-order valence-corrected chi connectivity index (χ2v) is 8.44.